The van der Waals surface area contributed by atoms with Gasteiger partial charge in [-0.3, -0.25) is 0 Å². The molecule has 0 aliphatic heterocycles. The molecule has 0 saturated heterocycles. The zero-order chi connectivity index (χ0) is 13.0. The van der Waals surface area contributed by atoms with E-state index < -0.39 is 0 Å². The van der Waals surface area contributed by atoms with Crippen LogP contribution in [0, 0.1) is 0 Å². The number of ether oxygens (including phenoxy) is 1. The van der Waals surface area contributed by atoms with E-state index in [1.165, 1.54) is 0 Å². The Morgan fingerprint density at radius 2 is 2.11 bits per heavy atom. The molecule has 0 unspecified atom stereocenters. The van der Waals surface area contributed by atoms with Crippen molar-refractivity contribution >= 4 is 11.3 Å². The quantitative estimate of drug-likeness (QED) is 0.902. The molecule has 18 heavy (non-hydrogen) atoms. The molecule has 0 fully saturated rings. The van der Waals surface area contributed by atoms with Gasteiger partial charge in [0.2, 0.25) is 0 Å². The summed E-state index contributed by atoms with van der Waals surface area (Å²) in [6, 6.07) is 7.96. The highest BCUT2D eigenvalue weighted by Gasteiger charge is 2.11. The second-order valence-electron chi connectivity index (χ2n) is 3.98. The topological polar surface area (TPSA) is 42.4 Å². The molecule has 0 bridgehead atoms. The normalized spacial score (nSPS) is 10.6. The SMILES string of the molecule is CCc1nc(Cc2ccccc2OC)sc1CO. The molecule has 0 amide bonds. The Morgan fingerprint density at radius 1 is 1.33 bits per heavy atom. The molecule has 0 saturated carbocycles. The first-order valence-corrected chi connectivity index (χ1v) is 6.80. The second kappa shape index (κ2) is 5.98. The van der Waals surface area contributed by atoms with Crippen molar-refractivity contribution < 1.29 is 9.84 Å². The van der Waals surface area contributed by atoms with Gasteiger partial charge in [0.1, 0.15) is 5.75 Å². The van der Waals surface area contributed by atoms with Gasteiger partial charge in [-0.2, -0.15) is 0 Å². The minimum atomic E-state index is 0.0762. The minimum absolute atomic E-state index is 0.0762. The fourth-order valence-corrected chi connectivity index (χ4v) is 2.96. The average Bonchev–Trinajstić information content (AvgIpc) is 2.81. The van der Waals surface area contributed by atoms with Crippen molar-refractivity contribution in [2.24, 2.45) is 0 Å². The number of aromatic nitrogens is 1. The lowest BCUT2D eigenvalue weighted by Crippen LogP contribution is -1.93. The Labute approximate surface area is 111 Å². The molecule has 3 nitrogen and oxygen atoms in total. The lowest BCUT2D eigenvalue weighted by Gasteiger charge is -2.05. The number of hydrogen-bond acceptors (Lipinski definition) is 4. The van der Waals surface area contributed by atoms with Crippen LogP contribution in [0.4, 0.5) is 0 Å². The summed E-state index contributed by atoms with van der Waals surface area (Å²) in [6.45, 7) is 2.13. The monoisotopic (exact) mass is 263 g/mol. The van der Waals surface area contributed by atoms with Crippen LogP contribution in [0.3, 0.4) is 0 Å². The van der Waals surface area contributed by atoms with Crippen molar-refractivity contribution in [3.05, 3.63) is 45.4 Å². The second-order valence-corrected chi connectivity index (χ2v) is 5.15. The molecule has 1 heterocycles. The summed E-state index contributed by atoms with van der Waals surface area (Å²) in [5.41, 5.74) is 2.13. The molecule has 0 spiro atoms. The van der Waals surface area contributed by atoms with E-state index in [0.717, 1.165) is 39.7 Å². The van der Waals surface area contributed by atoms with Crippen LogP contribution in [-0.4, -0.2) is 17.2 Å². The van der Waals surface area contributed by atoms with Crippen LogP contribution < -0.4 is 4.74 Å². The van der Waals surface area contributed by atoms with E-state index in [9.17, 15) is 5.11 Å². The fourth-order valence-electron chi connectivity index (χ4n) is 1.92. The van der Waals surface area contributed by atoms with E-state index >= 15 is 0 Å². The van der Waals surface area contributed by atoms with Gasteiger partial charge in [0.25, 0.3) is 0 Å². The molecule has 0 aliphatic carbocycles. The summed E-state index contributed by atoms with van der Waals surface area (Å²) < 4.78 is 5.33. The predicted molar refractivity (Wildman–Crippen MR) is 73.2 cm³/mol. The average molecular weight is 263 g/mol. The van der Waals surface area contributed by atoms with Crippen LogP contribution >= 0.6 is 11.3 Å². The molecular weight excluding hydrogens is 246 g/mol. The number of methoxy groups -OCH3 is 1. The number of hydrogen-bond donors (Lipinski definition) is 1. The zero-order valence-electron chi connectivity index (χ0n) is 10.6. The summed E-state index contributed by atoms with van der Waals surface area (Å²) in [6.07, 6.45) is 1.61. The standard InChI is InChI=1S/C14H17NO2S/c1-3-11-13(9-16)18-14(15-11)8-10-6-4-5-7-12(10)17-2/h4-7,16H,3,8-9H2,1-2H3. The zero-order valence-corrected chi connectivity index (χ0v) is 11.5. The van der Waals surface area contributed by atoms with Crippen LogP contribution in [0.1, 0.15) is 28.1 Å². The fraction of sp³-hybridized carbons (Fsp3) is 0.357. The van der Waals surface area contributed by atoms with Crippen LogP contribution in [0.15, 0.2) is 24.3 Å². The summed E-state index contributed by atoms with van der Waals surface area (Å²) in [7, 11) is 1.68. The maximum absolute atomic E-state index is 9.28. The molecule has 0 aliphatic rings. The third-order valence-corrected chi connectivity index (χ3v) is 3.92. The Morgan fingerprint density at radius 3 is 2.72 bits per heavy atom. The Balaban J connectivity index is 2.25. The molecule has 1 aromatic heterocycles. The number of aliphatic hydroxyl groups excluding tert-OH is 1. The van der Waals surface area contributed by atoms with Gasteiger partial charge in [-0.25, -0.2) is 4.98 Å². The molecule has 4 heteroatoms. The van der Waals surface area contributed by atoms with Crippen LogP contribution in [0.5, 0.6) is 5.75 Å². The Hall–Kier alpha value is -1.39. The molecule has 2 rings (SSSR count). The van der Waals surface area contributed by atoms with Crippen LogP contribution in [0.2, 0.25) is 0 Å². The van der Waals surface area contributed by atoms with E-state index in [0.29, 0.717) is 0 Å². The Kier molecular flexibility index (Phi) is 4.33. The van der Waals surface area contributed by atoms with Crippen LogP contribution in [-0.2, 0) is 19.4 Å². The Bertz CT molecular complexity index is 501. The molecule has 96 valence electrons. The van der Waals surface area contributed by atoms with Crippen molar-refractivity contribution in [2.75, 3.05) is 7.11 Å². The summed E-state index contributed by atoms with van der Waals surface area (Å²) in [4.78, 5) is 5.55. The minimum Gasteiger partial charge on any atom is -0.496 e. The van der Waals surface area contributed by atoms with Crippen molar-refractivity contribution in [3.8, 4) is 5.75 Å². The molecule has 1 N–H and O–H groups in total. The lowest BCUT2D eigenvalue weighted by atomic mass is 10.1. The van der Waals surface area contributed by atoms with Crippen molar-refractivity contribution in [3.63, 3.8) is 0 Å². The van der Waals surface area contributed by atoms with Gasteiger partial charge in [-0.1, -0.05) is 25.1 Å². The molecule has 0 atom stereocenters. The first kappa shape index (κ1) is 13.1. The van der Waals surface area contributed by atoms with E-state index in [1.807, 2.05) is 24.3 Å². The number of aryl methyl sites for hydroxylation is 1. The maximum Gasteiger partial charge on any atom is 0.122 e. The van der Waals surface area contributed by atoms with Gasteiger partial charge in [0.05, 0.1) is 29.3 Å². The molecular formula is C14H17NO2S. The molecule has 2 aromatic rings. The van der Waals surface area contributed by atoms with Gasteiger partial charge in [0, 0.05) is 12.0 Å². The van der Waals surface area contributed by atoms with Gasteiger partial charge in [0.15, 0.2) is 0 Å². The third kappa shape index (κ3) is 2.71. The van der Waals surface area contributed by atoms with E-state index in [2.05, 4.69) is 11.9 Å². The van der Waals surface area contributed by atoms with E-state index in [-0.39, 0.29) is 6.61 Å². The van der Waals surface area contributed by atoms with Crippen molar-refractivity contribution in [1.29, 1.82) is 0 Å². The first-order chi connectivity index (χ1) is 8.78. The summed E-state index contributed by atoms with van der Waals surface area (Å²) in [5.74, 6) is 0.885. The van der Waals surface area contributed by atoms with Gasteiger partial charge in [-0.15, -0.1) is 11.3 Å². The summed E-state index contributed by atoms with van der Waals surface area (Å²) >= 11 is 1.58. The molecule has 1 aromatic carbocycles. The number of nitrogens with zero attached hydrogens (tertiary/aromatic N) is 1. The van der Waals surface area contributed by atoms with E-state index in [1.54, 1.807) is 18.4 Å². The number of thiazole rings is 1. The first-order valence-electron chi connectivity index (χ1n) is 5.98. The van der Waals surface area contributed by atoms with Gasteiger partial charge >= 0.3 is 0 Å². The number of aliphatic hydroxyl groups is 1. The van der Waals surface area contributed by atoms with Crippen molar-refractivity contribution in [1.82, 2.24) is 4.98 Å². The summed E-state index contributed by atoms with van der Waals surface area (Å²) in [5, 5.41) is 10.3. The van der Waals surface area contributed by atoms with Gasteiger partial charge < -0.3 is 9.84 Å². The highest BCUT2D eigenvalue weighted by molar-refractivity contribution is 7.11. The highest BCUT2D eigenvalue weighted by Crippen LogP contribution is 2.25. The van der Waals surface area contributed by atoms with E-state index in [4.69, 9.17) is 4.74 Å². The number of para-hydroxylation sites is 1. The number of rotatable bonds is 5. The largest absolute Gasteiger partial charge is 0.496 e. The van der Waals surface area contributed by atoms with Crippen molar-refractivity contribution in [2.45, 2.75) is 26.4 Å². The smallest absolute Gasteiger partial charge is 0.122 e. The van der Waals surface area contributed by atoms with Gasteiger partial charge in [-0.05, 0) is 12.5 Å². The lowest BCUT2D eigenvalue weighted by molar-refractivity contribution is 0.284. The third-order valence-electron chi connectivity index (χ3n) is 2.84. The molecule has 0 radical (unpaired) electrons. The maximum atomic E-state index is 9.28. The predicted octanol–water partition coefficient (Wildman–Crippen LogP) is 2.80. The number of benzene rings is 1. The highest BCUT2D eigenvalue weighted by atomic mass is 32.1. The van der Waals surface area contributed by atoms with Crippen LogP contribution in [0.25, 0.3) is 0 Å².